The molecule has 2 aromatic heterocycles. The lowest BCUT2D eigenvalue weighted by atomic mass is 10.1. The van der Waals surface area contributed by atoms with Crippen molar-refractivity contribution in [2.45, 2.75) is 18.9 Å². The van der Waals surface area contributed by atoms with E-state index in [0.717, 1.165) is 30.6 Å². The summed E-state index contributed by atoms with van der Waals surface area (Å²) in [5, 5.41) is 8.69. The van der Waals surface area contributed by atoms with Gasteiger partial charge in [0.25, 0.3) is 5.91 Å². The zero-order valence-corrected chi connectivity index (χ0v) is 13.5. The Labute approximate surface area is 140 Å². The van der Waals surface area contributed by atoms with Crippen molar-refractivity contribution in [3.05, 3.63) is 66.2 Å². The summed E-state index contributed by atoms with van der Waals surface area (Å²) in [4.78, 5) is 14.8. The highest BCUT2D eigenvalue weighted by atomic mass is 16.2. The Kier molecular flexibility index (Phi) is 3.65. The molecule has 0 spiro atoms. The third-order valence-corrected chi connectivity index (χ3v) is 4.45. The number of carbonyl (C=O) groups is 1. The lowest BCUT2D eigenvalue weighted by Gasteiger charge is -2.22. The van der Waals surface area contributed by atoms with Crippen molar-refractivity contribution in [2.75, 3.05) is 6.54 Å². The van der Waals surface area contributed by atoms with Gasteiger partial charge in [0.15, 0.2) is 5.69 Å². The summed E-state index contributed by atoms with van der Waals surface area (Å²) in [6.45, 7) is 0.761. The lowest BCUT2D eigenvalue weighted by Crippen LogP contribution is -2.30. The van der Waals surface area contributed by atoms with E-state index < -0.39 is 0 Å². The predicted octanol–water partition coefficient (Wildman–Crippen LogP) is 2.58. The van der Waals surface area contributed by atoms with E-state index in [4.69, 9.17) is 0 Å². The fraction of sp³-hybridized carbons (Fsp3) is 0.278. The molecule has 1 amide bonds. The Hall–Kier alpha value is -2.89. The molecular formula is C18H19N5O. The van der Waals surface area contributed by atoms with Crippen LogP contribution in [0.15, 0.2) is 55.0 Å². The van der Waals surface area contributed by atoms with E-state index in [2.05, 4.69) is 10.2 Å². The summed E-state index contributed by atoms with van der Waals surface area (Å²) in [7, 11) is 1.89. The molecule has 122 valence electrons. The van der Waals surface area contributed by atoms with Crippen LogP contribution in [0.3, 0.4) is 0 Å². The number of carbonyl (C=O) groups excluding carboxylic acids is 1. The first-order chi connectivity index (χ1) is 11.7. The fourth-order valence-corrected chi connectivity index (χ4v) is 3.28. The number of benzene rings is 1. The molecule has 1 aliphatic heterocycles. The molecule has 1 fully saturated rings. The van der Waals surface area contributed by atoms with E-state index in [1.165, 1.54) is 0 Å². The number of amides is 1. The van der Waals surface area contributed by atoms with Crippen molar-refractivity contribution in [3.8, 4) is 5.69 Å². The average molecular weight is 321 g/mol. The van der Waals surface area contributed by atoms with Gasteiger partial charge in [-0.1, -0.05) is 18.2 Å². The lowest BCUT2D eigenvalue weighted by molar-refractivity contribution is 0.0729. The third kappa shape index (κ3) is 2.60. The number of likely N-dealkylation sites (tertiary alicyclic amines) is 1. The van der Waals surface area contributed by atoms with Gasteiger partial charge in [-0.3, -0.25) is 9.48 Å². The maximum atomic E-state index is 12.9. The number of rotatable bonds is 3. The molecule has 6 nitrogen and oxygen atoms in total. The molecule has 6 heteroatoms. The highest BCUT2D eigenvalue weighted by molar-refractivity contribution is 5.92. The van der Waals surface area contributed by atoms with Crippen LogP contribution in [0.25, 0.3) is 5.69 Å². The second kappa shape index (κ2) is 5.96. The molecule has 1 aliphatic rings. The molecule has 0 radical (unpaired) electrons. The van der Waals surface area contributed by atoms with Crippen molar-refractivity contribution in [2.24, 2.45) is 7.05 Å². The fourth-order valence-electron chi connectivity index (χ4n) is 3.28. The number of para-hydroxylation sites is 1. The van der Waals surface area contributed by atoms with Crippen LogP contribution in [0.4, 0.5) is 0 Å². The van der Waals surface area contributed by atoms with Crippen LogP contribution in [0, 0.1) is 0 Å². The first-order valence-corrected chi connectivity index (χ1v) is 8.13. The van der Waals surface area contributed by atoms with Crippen molar-refractivity contribution in [1.82, 2.24) is 24.5 Å². The number of aromatic nitrogens is 4. The molecule has 1 saturated heterocycles. The van der Waals surface area contributed by atoms with Gasteiger partial charge in [-0.25, -0.2) is 4.68 Å². The van der Waals surface area contributed by atoms with E-state index >= 15 is 0 Å². The monoisotopic (exact) mass is 321 g/mol. The first-order valence-electron chi connectivity index (χ1n) is 8.13. The summed E-state index contributed by atoms with van der Waals surface area (Å²) >= 11 is 0. The van der Waals surface area contributed by atoms with E-state index in [-0.39, 0.29) is 11.9 Å². The van der Waals surface area contributed by atoms with Crippen molar-refractivity contribution in [3.63, 3.8) is 0 Å². The normalized spacial score (nSPS) is 17.4. The van der Waals surface area contributed by atoms with Gasteiger partial charge in [0.05, 0.1) is 17.9 Å². The largest absolute Gasteiger partial charge is 0.330 e. The molecule has 0 saturated carbocycles. The van der Waals surface area contributed by atoms with Gasteiger partial charge < -0.3 is 4.90 Å². The summed E-state index contributed by atoms with van der Waals surface area (Å²) < 4.78 is 3.52. The SMILES string of the molecule is Cn1cc(C2CCCN2C(=O)c2ccn(-c3ccccc3)n2)cn1. The quantitative estimate of drug-likeness (QED) is 0.745. The average Bonchev–Trinajstić information content (AvgIpc) is 3.35. The van der Waals surface area contributed by atoms with Crippen LogP contribution in [0.5, 0.6) is 0 Å². The van der Waals surface area contributed by atoms with Crippen LogP contribution in [0.1, 0.15) is 34.9 Å². The Balaban J connectivity index is 1.58. The Morgan fingerprint density at radius 2 is 2.04 bits per heavy atom. The number of aryl methyl sites for hydroxylation is 1. The van der Waals surface area contributed by atoms with E-state index in [1.807, 2.05) is 60.9 Å². The molecule has 0 aliphatic carbocycles. The van der Waals surface area contributed by atoms with Crippen LogP contribution in [0.2, 0.25) is 0 Å². The van der Waals surface area contributed by atoms with Gasteiger partial charge in [-0.05, 0) is 31.0 Å². The molecule has 1 unspecified atom stereocenters. The second-order valence-electron chi connectivity index (χ2n) is 6.09. The van der Waals surface area contributed by atoms with Gasteiger partial charge in [0.2, 0.25) is 0 Å². The van der Waals surface area contributed by atoms with Crippen molar-refractivity contribution in [1.29, 1.82) is 0 Å². The van der Waals surface area contributed by atoms with Crippen LogP contribution in [-0.4, -0.2) is 36.9 Å². The smallest absolute Gasteiger partial charge is 0.274 e. The molecule has 3 heterocycles. The minimum absolute atomic E-state index is 0.0176. The van der Waals surface area contributed by atoms with Crippen molar-refractivity contribution >= 4 is 5.91 Å². The van der Waals surface area contributed by atoms with Crippen LogP contribution < -0.4 is 0 Å². The first kappa shape index (κ1) is 14.7. The molecule has 24 heavy (non-hydrogen) atoms. The van der Waals surface area contributed by atoms with Crippen LogP contribution >= 0.6 is 0 Å². The maximum Gasteiger partial charge on any atom is 0.274 e. The summed E-state index contributed by atoms with van der Waals surface area (Å²) in [6, 6.07) is 11.7. The minimum atomic E-state index is -0.0176. The number of hydrogen-bond donors (Lipinski definition) is 0. The van der Waals surface area contributed by atoms with Gasteiger partial charge in [-0.15, -0.1) is 0 Å². The maximum absolute atomic E-state index is 12.9. The molecule has 3 aromatic rings. The molecule has 0 bridgehead atoms. The summed E-state index contributed by atoms with van der Waals surface area (Å²) in [5.41, 5.74) is 2.52. The predicted molar refractivity (Wildman–Crippen MR) is 89.8 cm³/mol. The minimum Gasteiger partial charge on any atom is -0.330 e. The molecule has 0 N–H and O–H groups in total. The zero-order chi connectivity index (χ0) is 16.5. The van der Waals surface area contributed by atoms with Gasteiger partial charge in [0.1, 0.15) is 0 Å². The number of hydrogen-bond acceptors (Lipinski definition) is 3. The molecule has 1 aromatic carbocycles. The highest BCUT2D eigenvalue weighted by Gasteiger charge is 2.32. The standard InChI is InChI=1S/C18H19N5O/c1-21-13-14(12-19-21)17-8-5-10-22(17)18(24)16-9-11-23(20-16)15-6-3-2-4-7-15/h2-4,6-7,9,11-13,17H,5,8,10H2,1H3. The highest BCUT2D eigenvalue weighted by Crippen LogP contribution is 2.32. The van der Waals surface area contributed by atoms with Gasteiger partial charge in [0, 0.05) is 31.5 Å². The molecule has 1 atom stereocenters. The summed E-state index contributed by atoms with van der Waals surface area (Å²) in [6.07, 6.45) is 7.64. The Morgan fingerprint density at radius 1 is 1.21 bits per heavy atom. The van der Waals surface area contributed by atoms with E-state index in [0.29, 0.717) is 5.69 Å². The van der Waals surface area contributed by atoms with Gasteiger partial charge in [-0.2, -0.15) is 10.2 Å². The zero-order valence-electron chi connectivity index (χ0n) is 13.5. The van der Waals surface area contributed by atoms with Crippen LogP contribution in [-0.2, 0) is 7.05 Å². The third-order valence-electron chi connectivity index (χ3n) is 4.45. The molecule has 4 rings (SSSR count). The van der Waals surface area contributed by atoms with Gasteiger partial charge >= 0.3 is 0 Å². The molecular weight excluding hydrogens is 302 g/mol. The number of nitrogens with zero attached hydrogens (tertiary/aromatic N) is 5. The topological polar surface area (TPSA) is 56.0 Å². The second-order valence-corrected chi connectivity index (χ2v) is 6.09. The Morgan fingerprint density at radius 3 is 2.79 bits per heavy atom. The van der Waals surface area contributed by atoms with Crippen molar-refractivity contribution < 1.29 is 4.79 Å². The Bertz CT molecular complexity index is 851. The van der Waals surface area contributed by atoms with E-state index in [1.54, 1.807) is 15.4 Å². The van der Waals surface area contributed by atoms with E-state index in [9.17, 15) is 4.79 Å². The summed E-state index contributed by atoms with van der Waals surface area (Å²) in [5.74, 6) is -0.0176.